The van der Waals surface area contributed by atoms with Crippen LogP contribution in [0.5, 0.6) is 11.5 Å². The first-order valence-corrected chi connectivity index (χ1v) is 24.0. The number of carbonyl (C=O) groups is 3. The molecule has 0 aromatic heterocycles. The third-order valence-electron chi connectivity index (χ3n) is 13.7. The van der Waals surface area contributed by atoms with Crippen LogP contribution in [0.1, 0.15) is 53.1 Å². The highest BCUT2D eigenvalue weighted by molar-refractivity contribution is 7.99. The predicted molar refractivity (Wildman–Crippen MR) is 249 cm³/mol. The van der Waals surface area contributed by atoms with Crippen LogP contribution in [0.25, 0.3) is 11.1 Å². The van der Waals surface area contributed by atoms with Gasteiger partial charge >= 0.3 is 12.1 Å². The van der Waals surface area contributed by atoms with E-state index in [2.05, 4.69) is 40.6 Å². The van der Waals surface area contributed by atoms with Gasteiger partial charge in [0.05, 0.1) is 25.3 Å². The maximum absolute atomic E-state index is 14.6. The number of fused-ring (bicyclic) bond motifs is 11. The highest BCUT2D eigenvalue weighted by Gasteiger charge is 2.64. The molecule has 9 rings (SSSR count). The van der Waals surface area contributed by atoms with E-state index in [1.54, 1.807) is 14.0 Å². The van der Waals surface area contributed by atoms with E-state index in [1.807, 2.05) is 49.2 Å². The van der Waals surface area contributed by atoms with Gasteiger partial charge in [0.2, 0.25) is 10.6 Å². The molecule has 2 aliphatic carbocycles. The lowest BCUT2D eigenvalue weighted by Crippen LogP contribution is -2.74. The fraction of sp³-hybridized carbons (Fsp3) is 0.458. The fourth-order valence-corrected chi connectivity index (χ4v) is 12.4. The topological polar surface area (TPSA) is 178 Å². The molecule has 0 spiro atoms. The number of ketones is 1. The van der Waals surface area contributed by atoms with Crippen molar-refractivity contribution in [2.24, 2.45) is 0 Å². The maximum Gasteiger partial charge on any atom is 0.408 e. The molecule has 3 aromatic carbocycles. The van der Waals surface area contributed by atoms with Gasteiger partial charge in [-0.05, 0) is 60.7 Å². The van der Waals surface area contributed by atoms with Crippen LogP contribution in [0.3, 0.4) is 0 Å². The van der Waals surface area contributed by atoms with Crippen molar-refractivity contribution in [1.29, 1.82) is 5.26 Å². The van der Waals surface area contributed by atoms with Crippen molar-refractivity contribution in [3.05, 3.63) is 105 Å². The number of piperazine rings is 1. The number of nitrogens with one attached hydrogen (secondary N) is 1. The molecule has 4 heterocycles. The molecule has 4 aliphatic heterocycles. The SMILES string of the molecule is COCOc1c(OC)c(C)cc2c1[C@@H]1C3CC4(O)C(=O)C(C)=C5OCOC5=C4[C@H](COC(=O)[C@@H](CSCC4c5ccccc5-c5ccccc54)NC(=O)OCC(Cl)(Cl)Cl)N3[C@@H](C#N)[C@H](C2)N1C. The van der Waals surface area contributed by atoms with E-state index in [-0.39, 0.29) is 54.3 Å². The number of halogens is 3. The lowest BCUT2D eigenvalue weighted by atomic mass is 9.65. The van der Waals surface area contributed by atoms with Crippen LogP contribution >= 0.6 is 46.6 Å². The predicted octanol–water partition coefficient (Wildman–Crippen LogP) is 6.63. The monoisotopic (exact) mass is 994 g/mol. The van der Waals surface area contributed by atoms with Crippen molar-refractivity contribution in [2.75, 3.05) is 59.6 Å². The number of methoxy groups -OCH3 is 2. The second kappa shape index (κ2) is 18.7. The number of benzene rings is 3. The number of thioether (sulfide) groups is 1. The molecule has 3 saturated heterocycles. The van der Waals surface area contributed by atoms with E-state index < -0.39 is 76.7 Å². The number of rotatable bonds is 13. The number of esters is 1. The molecule has 3 fully saturated rings. The van der Waals surface area contributed by atoms with Gasteiger partial charge in [0, 0.05) is 59.7 Å². The molecule has 3 aromatic rings. The first-order chi connectivity index (χ1) is 32.1. The van der Waals surface area contributed by atoms with Gasteiger partial charge in [-0.3, -0.25) is 14.6 Å². The third kappa shape index (κ3) is 8.29. The van der Waals surface area contributed by atoms with Gasteiger partial charge in [0.1, 0.15) is 25.3 Å². The normalized spacial score (nSPS) is 25.6. The van der Waals surface area contributed by atoms with E-state index >= 15 is 0 Å². The van der Waals surface area contributed by atoms with E-state index in [4.69, 9.17) is 68.0 Å². The molecular formula is C48H49Cl3N4O11S. The summed E-state index contributed by atoms with van der Waals surface area (Å²) in [5.41, 5.74) is 5.22. The fourth-order valence-electron chi connectivity index (χ4n) is 11.0. The summed E-state index contributed by atoms with van der Waals surface area (Å²) in [5.74, 6) is 0.441. The molecule has 2 N–H and O–H groups in total. The molecule has 19 heteroatoms. The Balaban J connectivity index is 1.07. The Morgan fingerprint density at radius 3 is 2.37 bits per heavy atom. The van der Waals surface area contributed by atoms with Gasteiger partial charge in [-0.25, -0.2) is 9.59 Å². The number of nitriles is 1. The molecule has 2 bridgehead atoms. The number of alkyl carbamates (subject to hydrolysis) is 1. The van der Waals surface area contributed by atoms with Crippen LogP contribution in [0, 0.1) is 18.3 Å². The lowest BCUT2D eigenvalue weighted by Gasteiger charge is -2.62. The van der Waals surface area contributed by atoms with Crippen molar-refractivity contribution in [3.8, 4) is 28.7 Å². The summed E-state index contributed by atoms with van der Waals surface area (Å²) in [6.07, 6.45) is -0.751. The Morgan fingerprint density at radius 2 is 1.72 bits per heavy atom. The minimum atomic E-state index is -2.18. The molecule has 0 radical (unpaired) electrons. The largest absolute Gasteiger partial charge is 0.493 e. The molecular weight excluding hydrogens is 947 g/mol. The van der Waals surface area contributed by atoms with Crippen molar-refractivity contribution in [3.63, 3.8) is 0 Å². The number of alkyl halides is 3. The highest BCUT2D eigenvalue weighted by atomic mass is 35.6. The van der Waals surface area contributed by atoms with Crippen LogP contribution < -0.4 is 14.8 Å². The molecule has 1 amide bonds. The molecule has 0 saturated carbocycles. The zero-order valence-electron chi connectivity index (χ0n) is 37.3. The zero-order chi connectivity index (χ0) is 47.5. The number of hydrogen-bond donors (Lipinski definition) is 2. The Hall–Kier alpha value is -4.70. The number of ether oxygens (including phenoxy) is 7. The Bertz CT molecular complexity index is 2570. The summed E-state index contributed by atoms with van der Waals surface area (Å²) in [6.45, 7) is 2.12. The number of amides is 1. The maximum atomic E-state index is 14.6. The van der Waals surface area contributed by atoms with Crippen molar-refractivity contribution in [1.82, 2.24) is 15.1 Å². The van der Waals surface area contributed by atoms with Crippen LogP contribution in [0.15, 0.2) is 77.3 Å². The summed E-state index contributed by atoms with van der Waals surface area (Å²) >= 11 is 19.1. The van der Waals surface area contributed by atoms with Crippen molar-refractivity contribution in [2.45, 2.75) is 78.3 Å². The molecule has 2 unspecified atom stereocenters. The Morgan fingerprint density at radius 1 is 1.03 bits per heavy atom. The number of aryl methyl sites for hydroxylation is 1. The van der Waals surface area contributed by atoms with Gasteiger partial charge in [0.15, 0.2) is 41.2 Å². The van der Waals surface area contributed by atoms with E-state index in [0.29, 0.717) is 23.7 Å². The van der Waals surface area contributed by atoms with E-state index in [0.717, 1.165) is 38.9 Å². The average Bonchev–Trinajstić information content (AvgIpc) is 3.91. The number of Topliss-reactive ketones (excluding diaryl/α,β-unsaturated/α-hetero) is 1. The summed E-state index contributed by atoms with van der Waals surface area (Å²) < 4.78 is 38.9. The smallest absolute Gasteiger partial charge is 0.408 e. The van der Waals surface area contributed by atoms with Crippen LogP contribution in [-0.2, 0) is 39.7 Å². The Labute approximate surface area is 407 Å². The zero-order valence-corrected chi connectivity index (χ0v) is 40.4. The van der Waals surface area contributed by atoms with Gasteiger partial charge < -0.3 is 43.6 Å². The van der Waals surface area contributed by atoms with Crippen LogP contribution in [0.4, 0.5) is 4.79 Å². The molecule has 7 atom stereocenters. The van der Waals surface area contributed by atoms with E-state index in [1.165, 1.54) is 18.9 Å². The number of hydrogen-bond acceptors (Lipinski definition) is 15. The van der Waals surface area contributed by atoms with Crippen molar-refractivity contribution < 1.29 is 52.6 Å². The molecule has 354 valence electrons. The molecule has 15 nitrogen and oxygen atoms in total. The summed E-state index contributed by atoms with van der Waals surface area (Å²) in [4.78, 5) is 46.4. The second-order valence-electron chi connectivity index (χ2n) is 17.4. The average molecular weight is 996 g/mol. The standard InChI is InChI=1S/C48H49Cl3N4O11S/c1-24-14-26-15-33-35(17-52)55-34(39(54(33)3)37(26)42(40(24)61-5)64-22-60-4)16-47(59)38(43-41(65-23-66-43)25(2)44(47)56)36(55)18-62-45(57)32(53-46(58)63-21-48(49,50)51)20-67-19-31-29-12-8-6-10-27(29)28-11-7-9-13-30(28)31/h6-14,31-36,39,59H,15-16,18-23H2,1-5H3,(H,53,58)/t32-,33+,34?,35+,36+,39+,47?/m1/s1. The number of carbonyl (C=O) groups excluding carboxylic acids is 3. The Kier molecular flexibility index (Phi) is 13.2. The van der Waals surface area contributed by atoms with Gasteiger partial charge in [-0.15, -0.1) is 0 Å². The molecule has 67 heavy (non-hydrogen) atoms. The van der Waals surface area contributed by atoms with Crippen LogP contribution in [0.2, 0.25) is 0 Å². The quantitative estimate of drug-likeness (QED) is 0.106. The second-order valence-corrected chi connectivity index (χ2v) is 21.0. The minimum absolute atomic E-state index is 0.00728. The number of piperidine rings is 1. The summed E-state index contributed by atoms with van der Waals surface area (Å²) in [7, 11) is 4.99. The van der Waals surface area contributed by atoms with Crippen molar-refractivity contribution >= 4 is 64.4 Å². The third-order valence-corrected chi connectivity index (χ3v) is 15.2. The number of nitrogens with zero attached hydrogens (tertiary/aromatic N) is 3. The summed E-state index contributed by atoms with van der Waals surface area (Å²) in [6, 6.07) is 16.0. The number of likely N-dealkylation sites (N-methyl/N-ethyl adjacent to an activating group) is 1. The minimum Gasteiger partial charge on any atom is -0.493 e. The van der Waals surface area contributed by atoms with Crippen LogP contribution in [-0.4, -0.2) is 132 Å². The van der Waals surface area contributed by atoms with E-state index in [9.17, 15) is 24.8 Å². The summed E-state index contributed by atoms with van der Waals surface area (Å²) in [5, 5.41) is 26.8. The van der Waals surface area contributed by atoms with Gasteiger partial charge in [-0.1, -0.05) is 89.4 Å². The van der Waals surface area contributed by atoms with Gasteiger partial charge in [0.25, 0.3) is 0 Å². The lowest BCUT2D eigenvalue weighted by molar-refractivity contribution is -0.159. The highest BCUT2D eigenvalue weighted by Crippen LogP contribution is 2.57. The first kappa shape index (κ1) is 47.4. The first-order valence-electron chi connectivity index (χ1n) is 21.7. The number of aliphatic hydroxyl groups is 1. The van der Waals surface area contributed by atoms with Gasteiger partial charge in [-0.2, -0.15) is 17.0 Å². The molecule has 6 aliphatic rings.